The summed E-state index contributed by atoms with van der Waals surface area (Å²) in [7, 11) is 0. The Morgan fingerprint density at radius 3 is 2.27 bits per heavy atom. The Kier molecular flexibility index (Phi) is 12.6. The van der Waals surface area contributed by atoms with Gasteiger partial charge in [0, 0.05) is 23.1 Å². The summed E-state index contributed by atoms with van der Waals surface area (Å²) in [6.45, 7) is 10.3. The molecule has 16 heteroatoms. The highest BCUT2D eigenvalue weighted by molar-refractivity contribution is 6.07. The molecule has 0 spiro atoms. The third kappa shape index (κ3) is 9.82. The maximum atomic E-state index is 13.6. The van der Waals surface area contributed by atoms with Crippen LogP contribution in [0.5, 0.6) is 5.75 Å². The third-order valence-electron chi connectivity index (χ3n) is 8.85. The molecule has 15 nitrogen and oxygen atoms in total. The number of aromatic amines is 1. The van der Waals surface area contributed by atoms with E-state index in [-0.39, 0.29) is 30.2 Å². The van der Waals surface area contributed by atoms with Gasteiger partial charge in [-0.2, -0.15) is 4.39 Å². The molecular formula is C40H42FN7O8. The topological polar surface area (TPSA) is 207 Å². The molecule has 2 atom stereocenters. The van der Waals surface area contributed by atoms with E-state index in [4.69, 9.17) is 9.26 Å². The quantitative estimate of drug-likeness (QED) is 0.109. The normalized spacial score (nSPS) is 12.1. The molecule has 3 aromatic carbocycles. The van der Waals surface area contributed by atoms with Crippen molar-refractivity contribution in [2.75, 3.05) is 10.6 Å². The lowest BCUT2D eigenvalue weighted by atomic mass is 10.0. The van der Waals surface area contributed by atoms with E-state index in [1.165, 1.54) is 25.1 Å². The standard InChI is InChI=1S/C40H42FN7O8/c1-21(2)34(38(52)43-24(5)35(49)44-28-13-11-26(12-14-28)19-48-39(53)32(41)18-42-40(48)54)46-36(50)27-15-22(3)16-29(17-27)45-37(51)30-9-7-8-10-33(30)55-20-31-23(4)47-56-25(31)6/h7-18,21,24,34H,19-20H2,1-6H3,(H,42,54)(H,43,52)(H,44,49)(H,45,51)(H,46,50)/t24-,34-/m0/s1. The summed E-state index contributed by atoms with van der Waals surface area (Å²) in [5.74, 6) is -2.67. The minimum absolute atomic E-state index is 0.151. The van der Waals surface area contributed by atoms with Crippen LogP contribution in [-0.2, 0) is 22.7 Å². The average molecular weight is 768 g/mol. The van der Waals surface area contributed by atoms with E-state index < -0.39 is 52.8 Å². The molecule has 2 heterocycles. The molecule has 0 aliphatic heterocycles. The summed E-state index contributed by atoms with van der Waals surface area (Å²) in [6.07, 6.45) is 0.698. The number of carbonyl (C=O) groups excluding carboxylic acids is 4. The van der Waals surface area contributed by atoms with Crippen molar-refractivity contribution in [1.82, 2.24) is 25.3 Å². The van der Waals surface area contributed by atoms with Crippen molar-refractivity contribution in [3.63, 3.8) is 0 Å². The van der Waals surface area contributed by atoms with Gasteiger partial charge in [0.15, 0.2) is 0 Å². The lowest BCUT2D eigenvalue weighted by molar-refractivity contribution is -0.128. The van der Waals surface area contributed by atoms with E-state index in [1.54, 1.807) is 83.1 Å². The predicted octanol–water partition coefficient (Wildman–Crippen LogP) is 4.37. The number of nitrogens with one attached hydrogen (secondary N) is 5. The molecule has 0 saturated carbocycles. The first-order chi connectivity index (χ1) is 26.6. The molecule has 0 fully saturated rings. The highest BCUT2D eigenvalue weighted by Crippen LogP contribution is 2.24. The van der Waals surface area contributed by atoms with Gasteiger partial charge in [-0.3, -0.25) is 28.5 Å². The maximum absolute atomic E-state index is 13.6. The van der Waals surface area contributed by atoms with Gasteiger partial charge in [-0.25, -0.2) is 4.79 Å². The molecule has 0 saturated heterocycles. The number of aromatic nitrogens is 3. The molecule has 0 aliphatic carbocycles. The average Bonchev–Trinajstić information content (AvgIpc) is 3.48. The zero-order chi connectivity index (χ0) is 40.7. The summed E-state index contributed by atoms with van der Waals surface area (Å²) >= 11 is 0. The first-order valence-electron chi connectivity index (χ1n) is 17.7. The van der Waals surface area contributed by atoms with E-state index >= 15 is 0 Å². The molecule has 0 unspecified atom stereocenters. The number of benzene rings is 3. The molecule has 5 N–H and O–H groups in total. The largest absolute Gasteiger partial charge is 0.488 e. The molecule has 2 aromatic heterocycles. The van der Waals surface area contributed by atoms with Gasteiger partial charge in [0.25, 0.3) is 17.4 Å². The van der Waals surface area contributed by atoms with Crippen LogP contribution >= 0.6 is 0 Å². The molecule has 5 aromatic rings. The summed E-state index contributed by atoms with van der Waals surface area (Å²) in [4.78, 5) is 79.4. The number of nitrogens with zero attached hydrogens (tertiary/aromatic N) is 2. The van der Waals surface area contributed by atoms with Gasteiger partial charge < -0.3 is 35.5 Å². The van der Waals surface area contributed by atoms with E-state index in [0.29, 0.717) is 50.5 Å². The highest BCUT2D eigenvalue weighted by Gasteiger charge is 2.28. The van der Waals surface area contributed by atoms with Gasteiger partial charge in [0.1, 0.15) is 30.2 Å². The van der Waals surface area contributed by atoms with Gasteiger partial charge in [-0.15, -0.1) is 0 Å². The maximum Gasteiger partial charge on any atom is 0.328 e. The number of H-pyrrole nitrogens is 1. The van der Waals surface area contributed by atoms with Crippen LogP contribution in [0.15, 0.2) is 87.0 Å². The van der Waals surface area contributed by atoms with E-state index in [1.807, 2.05) is 0 Å². The molecule has 292 valence electrons. The van der Waals surface area contributed by atoms with Gasteiger partial charge in [0.05, 0.1) is 23.4 Å². The lowest BCUT2D eigenvalue weighted by Gasteiger charge is -2.24. The zero-order valence-corrected chi connectivity index (χ0v) is 31.6. The monoisotopic (exact) mass is 767 g/mol. The van der Waals surface area contributed by atoms with E-state index in [0.717, 1.165) is 5.56 Å². The molecule has 4 amide bonds. The van der Waals surface area contributed by atoms with Gasteiger partial charge >= 0.3 is 5.69 Å². The van der Waals surface area contributed by atoms with Crippen molar-refractivity contribution < 1.29 is 32.8 Å². The van der Waals surface area contributed by atoms with Crippen molar-refractivity contribution in [3.8, 4) is 5.75 Å². The molecule has 0 aliphatic rings. The number of hydrogen-bond acceptors (Lipinski definition) is 9. The number of hydrogen-bond donors (Lipinski definition) is 5. The van der Waals surface area contributed by atoms with Crippen molar-refractivity contribution in [2.24, 2.45) is 5.92 Å². The van der Waals surface area contributed by atoms with Crippen LogP contribution in [0.4, 0.5) is 15.8 Å². The second-order valence-corrected chi connectivity index (χ2v) is 13.6. The van der Waals surface area contributed by atoms with Gasteiger partial charge in [-0.05, 0) is 87.2 Å². The Bertz CT molecular complexity index is 2360. The predicted molar refractivity (Wildman–Crippen MR) is 205 cm³/mol. The number of halogens is 1. The minimum Gasteiger partial charge on any atom is -0.488 e. The molecule has 56 heavy (non-hydrogen) atoms. The van der Waals surface area contributed by atoms with Crippen LogP contribution < -0.4 is 37.3 Å². The molecule has 0 radical (unpaired) electrons. The number of anilines is 2. The summed E-state index contributed by atoms with van der Waals surface area (Å²) in [5.41, 5.74) is 2.01. The Hall–Kier alpha value is -6.84. The molecule has 0 bridgehead atoms. The SMILES string of the molecule is Cc1cc(NC(=O)c2ccccc2OCc2c(C)noc2C)cc(C(=O)N[C@H](C(=O)N[C@@H](C)C(=O)Nc2ccc(Cn3c(=O)[nH]cc(F)c3=O)cc2)C(C)C)c1. The van der Waals surface area contributed by atoms with Crippen LogP contribution in [0.25, 0.3) is 0 Å². The summed E-state index contributed by atoms with van der Waals surface area (Å²) < 4.78 is 25.5. The van der Waals surface area contributed by atoms with E-state index in [2.05, 4.69) is 31.4 Å². The third-order valence-corrected chi connectivity index (χ3v) is 8.85. The second kappa shape index (κ2) is 17.5. The first-order valence-corrected chi connectivity index (χ1v) is 17.7. The first kappa shape index (κ1) is 40.3. The Morgan fingerprint density at radius 1 is 0.875 bits per heavy atom. The molecular weight excluding hydrogens is 725 g/mol. The van der Waals surface area contributed by atoms with Crippen molar-refractivity contribution in [2.45, 2.75) is 66.8 Å². The summed E-state index contributed by atoms with van der Waals surface area (Å²) in [6, 6.07) is 15.7. The van der Waals surface area contributed by atoms with E-state index in [9.17, 15) is 33.2 Å². The smallest absolute Gasteiger partial charge is 0.328 e. The van der Waals surface area contributed by atoms with Gasteiger partial charge in [-0.1, -0.05) is 43.3 Å². The van der Waals surface area contributed by atoms with Crippen molar-refractivity contribution in [3.05, 3.63) is 139 Å². The Balaban J connectivity index is 1.19. The Labute approximate surface area is 320 Å². The fourth-order valence-corrected chi connectivity index (χ4v) is 5.71. The fraction of sp³-hybridized carbons (Fsp3) is 0.275. The lowest BCUT2D eigenvalue weighted by Crippen LogP contribution is -2.53. The minimum atomic E-state index is -1.09. The van der Waals surface area contributed by atoms with Crippen LogP contribution in [0.2, 0.25) is 0 Å². The van der Waals surface area contributed by atoms with Crippen molar-refractivity contribution in [1.29, 1.82) is 0 Å². The van der Waals surface area contributed by atoms with Crippen LogP contribution in [0, 0.1) is 32.5 Å². The number of ether oxygens (including phenoxy) is 1. The summed E-state index contributed by atoms with van der Waals surface area (Å²) in [5, 5.41) is 14.8. The number of aryl methyl sites for hydroxylation is 3. The van der Waals surface area contributed by atoms with Crippen LogP contribution in [0.1, 0.15) is 69.6 Å². The van der Waals surface area contributed by atoms with Crippen LogP contribution in [-0.4, -0.2) is 50.4 Å². The highest BCUT2D eigenvalue weighted by atomic mass is 19.1. The van der Waals surface area contributed by atoms with Gasteiger partial charge in [0.2, 0.25) is 17.6 Å². The molecule has 5 rings (SSSR count). The number of carbonyl (C=O) groups is 4. The van der Waals surface area contributed by atoms with Crippen molar-refractivity contribution >= 4 is 35.0 Å². The zero-order valence-electron chi connectivity index (χ0n) is 31.6. The number of para-hydroxylation sites is 1. The number of rotatable bonds is 14. The Morgan fingerprint density at radius 2 is 1.59 bits per heavy atom. The second-order valence-electron chi connectivity index (χ2n) is 13.6. The van der Waals surface area contributed by atoms with Crippen LogP contribution in [0.3, 0.4) is 0 Å². The number of amides is 4. The fourth-order valence-electron chi connectivity index (χ4n) is 5.71.